The number of halogens is 3. The molecule has 0 radical (unpaired) electrons. The Bertz CT molecular complexity index is 852. The lowest BCUT2D eigenvalue weighted by molar-refractivity contribution is -0.131. The van der Waals surface area contributed by atoms with Gasteiger partial charge in [-0.1, -0.05) is 24.3 Å². The molecular weight excluding hydrogens is 359 g/mol. The van der Waals surface area contributed by atoms with Crippen LogP contribution in [-0.4, -0.2) is 29.3 Å². The standard InChI is InChI=1S/C19H18F3N3O2/c1-12-4-2-3-5-16(12)17(18(27)24-14-7-19(21,22)8-14)25(11-26)15-6-13(20)9-23-10-15/h2-6,9-11,14,17H,7-8H2,1H3,(H,24,27)/t17-/m0/s1. The third kappa shape index (κ3) is 4.10. The summed E-state index contributed by atoms with van der Waals surface area (Å²) in [5, 5.41) is 2.56. The minimum atomic E-state index is -2.78. The molecule has 1 heterocycles. The molecule has 1 aliphatic carbocycles. The number of anilines is 1. The molecule has 5 nitrogen and oxygen atoms in total. The average Bonchev–Trinajstić information content (AvgIpc) is 2.58. The van der Waals surface area contributed by atoms with Gasteiger partial charge in [-0.2, -0.15) is 0 Å². The smallest absolute Gasteiger partial charge is 0.252 e. The Hall–Kier alpha value is -2.90. The van der Waals surface area contributed by atoms with Gasteiger partial charge in [0, 0.05) is 24.9 Å². The number of aryl methyl sites for hydroxylation is 1. The number of carbonyl (C=O) groups excluding carboxylic acids is 2. The highest BCUT2D eigenvalue weighted by atomic mass is 19.3. The Kier molecular flexibility index (Phi) is 5.16. The fraction of sp³-hybridized carbons (Fsp3) is 0.316. The predicted octanol–water partition coefficient (Wildman–Crippen LogP) is 3.15. The molecule has 1 aromatic carbocycles. The minimum absolute atomic E-state index is 0.0901. The van der Waals surface area contributed by atoms with Crippen molar-refractivity contribution in [1.29, 1.82) is 0 Å². The number of benzene rings is 1. The average molecular weight is 377 g/mol. The zero-order valence-electron chi connectivity index (χ0n) is 14.5. The molecule has 1 N–H and O–H groups in total. The molecule has 27 heavy (non-hydrogen) atoms. The van der Waals surface area contributed by atoms with Crippen LogP contribution in [0.4, 0.5) is 18.9 Å². The molecule has 2 aromatic rings. The van der Waals surface area contributed by atoms with E-state index in [1.54, 1.807) is 31.2 Å². The third-order valence-electron chi connectivity index (χ3n) is 4.55. The molecule has 1 atom stereocenters. The van der Waals surface area contributed by atoms with Gasteiger partial charge in [0.15, 0.2) is 0 Å². The van der Waals surface area contributed by atoms with Crippen molar-refractivity contribution in [2.45, 2.75) is 37.8 Å². The number of hydrogen-bond donors (Lipinski definition) is 1. The summed E-state index contributed by atoms with van der Waals surface area (Å²) in [6.45, 7) is 1.76. The number of carbonyl (C=O) groups is 2. The van der Waals surface area contributed by atoms with Gasteiger partial charge >= 0.3 is 0 Å². The van der Waals surface area contributed by atoms with Crippen LogP contribution in [-0.2, 0) is 9.59 Å². The lowest BCUT2D eigenvalue weighted by Crippen LogP contribution is -2.53. The monoisotopic (exact) mass is 377 g/mol. The predicted molar refractivity (Wildman–Crippen MR) is 92.8 cm³/mol. The van der Waals surface area contributed by atoms with Crippen LogP contribution in [0, 0.1) is 12.7 Å². The summed E-state index contributed by atoms with van der Waals surface area (Å²) in [6, 6.07) is 6.18. The number of nitrogens with one attached hydrogen (secondary N) is 1. The van der Waals surface area contributed by atoms with Gasteiger partial charge < -0.3 is 5.32 Å². The van der Waals surface area contributed by atoms with Crippen molar-refractivity contribution in [1.82, 2.24) is 10.3 Å². The maximum Gasteiger partial charge on any atom is 0.252 e. The van der Waals surface area contributed by atoms with Gasteiger partial charge in [-0.25, -0.2) is 13.2 Å². The number of amides is 2. The highest BCUT2D eigenvalue weighted by Crippen LogP contribution is 2.38. The number of hydrogen-bond acceptors (Lipinski definition) is 3. The van der Waals surface area contributed by atoms with Crippen molar-refractivity contribution in [3.05, 3.63) is 59.7 Å². The lowest BCUT2D eigenvalue weighted by Gasteiger charge is -2.37. The van der Waals surface area contributed by atoms with Crippen molar-refractivity contribution in [3.63, 3.8) is 0 Å². The van der Waals surface area contributed by atoms with E-state index in [9.17, 15) is 22.8 Å². The molecular formula is C19H18F3N3O2. The Morgan fingerprint density at radius 1 is 1.33 bits per heavy atom. The number of alkyl halides is 2. The maximum atomic E-state index is 13.6. The van der Waals surface area contributed by atoms with Crippen LogP contribution in [0.2, 0.25) is 0 Å². The lowest BCUT2D eigenvalue weighted by atomic mass is 9.87. The molecule has 3 rings (SSSR count). The molecule has 1 aromatic heterocycles. The number of aromatic nitrogens is 1. The number of nitrogens with zero attached hydrogens (tertiary/aromatic N) is 2. The zero-order valence-corrected chi connectivity index (χ0v) is 14.5. The van der Waals surface area contributed by atoms with Crippen molar-refractivity contribution in [3.8, 4) is 0 Å². The second-order valence-electron chi connectivity index (χ2n) is 6.60. The van der Waals surface area contributed by atoms with Crippen molar-refractivity contribution >= 4 is 18.0 Å². The van der Waals surface area contributed by atoms with Gasteiger partial charge in [0.1, 0.15) is 11.9 Å². The van der Waals surface area contributed by atoms with Crippen molar-refractivity contribution in [2.75, 3.05) is 4.90 Å². The van der Waals surface area contributed by atoms with Gasteiger partial charge in [-0.15, -0.1) is 0 Å². The molecule has 2 amide bonds. The van der Waals surface area contributed by atoms with E-state index in [0.717, 1.165) is 22.7 Å². The van der Waals surface area contributed by atoms with Gasteiger partial charge in [-0.3, -0.25) is 19.5 Å². The number of pyridine rings is 1. The summed E-state index contributed by atoms with van der Waals surface area (Å²) < 4.78 is 39.8. The van der Waals surface area contributed by atoms with E-state index in [1.165, 1.54) is 6.20 Å². The first-order valence-electron chi connectivity index (χ1n) is 8.38. The van der Waals surface area contributed by atoms with Gasteiger partial charge in [0.05, 0.1) is 18.1 Å². The molecule has 0 aliphatic heterocycles. The summed E-state index contributed by atoms with van der Waals surface area (Å²) in [6.07, 6.45) is 1.76. The second kappa shape index (κ2) is 7.38. The fourth-order valence-electron chi connectivity index (χ4n) is 3.17. The third-order valence-corrected chi connectivity index (χ3v) is 4.55. The molecule has 142 valence electrons. The summed E-state index contributed by atoms with van der Waals surface area (Å²) >= 11 is 0. The largest absolute Gasteiger partial charge is 0.351 e. The van der Waals surface area contributed by atoms with Gasteiger partial charge in [0.2, 0.25) is 12.3 Å². The van der Waals surface area contributed by atoms with Gasteiger partial charge in [-0.05, 0) is 18.1 Å². The van der Waals surface area contributed by atoms with E-state index in [1.807, 2.05) is 0 Å². The van der Waals surface area contributed by atoms with Crippen LogP contribution in [0.5, 0.6) is 0 Å². The highest BCUT2D eigenvalue weighted by molar-refractivity contribution is 5.93. The van der Waals surface area contributed by atoms with Gasteiger partial charge in [0.25, 0.3) is 5.92 Å². The van der Waals surface area contributed by atoms with Crippen LogP contribution in [0.15, 0.2) is 42.7 Å². The topological polar surface area (TPSA) is 62.3 Å². The molecule has 0 bridgehead atoms. The first kappa shape index (κ1) is 18.9. The summed E-state index contributed by atoms with van der Waals surface area (Å²) in [5.74, 6) is -4.06. The first-order chi connectivity index (χ1) is 12.8. The van der Waals surface area contributed by atoms with E-state index in [2.05, 4.69) is 10.3 Å². The summed E-state index contributed by atoms with van der Waals surface area (Å²) in [7, 11) is 0. The molecule has 1 aliphatic rings. The Balaban J connectivity index is 1.95. The van der Waals surface area contributed by atoms with E-state index in [4.69, 9.17) is 0 Å². The van der Waals surface area contributed by atoms with Crippen LogP contribution in [0.25, 0.3) is 0 Å². The fourth-order valence-corrected chi connectivity index (χ4v) is 3.17. The van der Waals surface area contributed by atoms with E-state index < -0.39 is 42.6 Å². The normalized spacial score (nSPS) is 16.9. The van der Waals surface area contributed by atoms with Crippen LogP contribution in [0.3, 0.4) is 0 Å². The SMILES string of the molecule is Cc1ccccc1[C@@H](C(=O)NC1CC(F)(F)C1)N(C=O)c1cncc(F)c1. The summed E-state index contributed by atoms with van der Waals surface area (Å²) in [4.78, 5) is 29.5. The maximum absolute atomic E-state index is 13.6. The van der Waals surface area contributed by atoms with Crippen molar-refractivity contribution < 1.29 is 22.8 Å². The Morgan fingerprint density at radius 3 is 2.63 bits per heavy atom. The van der Waals surface area contributed by atoms with E-state index >= 15 is 0 Å². The first-order valence-corrected chi connectivity index (χ1v) is 8.38. The molecule has 8 heteroatoms. The van der Waals surface area contributed by atoms with Crippen LogP contribution >= 0.6 is 0 Å². The molecule has 1 fully saturated rings. The van der Waals surface area contributed by atoms with E-state index in [0.29, 0.717) is 12.0 Å². The summed E-state index contributed by atoms with van der Waals surface area (Å²) in [5.41, 5.74) is 1.33. The molecule has 1 saturated carbocycles. The molecule has 0 unspecified atom stereocenters. The Morgan fingerprint density at radius 2 is 2.04 bits per heavy atom. The number of rotatable bonds is 6. The van der Waals surface area contributed by atoms with Crippen LogP contribution in [0.1, 0.15) is 30.0 Å². The van der Waals surface area contributed by atoms with Crippen molar-refractivity contribution in [2.24, 2.45) is 0 Å². The quantitative estimate of drug-likeness (QED) is 0.787. The highest BCUT2D eigenvalue weighted by Gasteiger charge is 2.46. The minimum Gasteiger partial charge on any atom is -0.351 e. The van der Waals surface area contributed by atoms with Crippen LogP contribution < -0.4 is 10.2 Å². The Labute approximate surface area is 154 Å². The van der Waals surface area contributed by atoms with E-state index in [-0.39, 0.29) is 5.69 Å². The molecule has 0 spiro atoms. The zero-order chi connectivity index (χ0) is 19.6. The molecule has 0 saturated heterocycles. The second-order valence-corrected chi connectivity index (χ2v) is 6.60.